The Labute approximate surface area is 118 Å². The second-order valence-corrected chi connectivity index (χ2v) is 4.34. The van der Waals surface area contributed by atoms with Crippen LogP contribution in [0.15, 0.2) is 48.8 Å². The number of carboxylic acid groups (broad SMARTS) is 1. The molecule has 0 bridgehead atoms. The SMILES string of the molecule is O=C(O)c1cccc([N+](=O)[O-])c1-n1cnc2ccccc21. The lowest BCUT2D eigenvalue weighted by atomic mass is 10.1. The fraction of sp³-hybridized carbons (Fsp3) is 0. The monoisotopic (exact) mass is 283 g/mol. The van der Waals surface area contributed by atoms with Crippen molar-refractivity contribution < 1.29 is 14.8 Å². The smallest absolute Gasteiger partial charge is 0.338 e. The van der Waals surface area contributed by atoms with E-state index in [9.17, 15) is 20.0 Å². The number of aromatic carboxylic acids is 1. The number of hydrogen-bond acceptors (Lipinski definition) is 4. The van der Waals surface area contributed by atoms with Gasteiger partial charge in [-0.1, -0.05) is 18.2 Å². The number of carbonyl (C=O) groups is 1. The molecule has 2 aromatic carbocycles. The first-order chi connectivity index (χ1) is 10.1. The second kappa shape index (κ2) is 4.71. The van der Waals surface area contributed by atoms with Gasteiger partial charge in [0.05, 0.1) is 21.5 Å². The van der Waals surface area contributed by atoms with Crippen LogP contribution in [0.1, 0.15) is 10.4 Å². The first-order valence-corrected chi connectivity index (χ1v) is 6.03. The van der Waals surface area contributed by atoms with E-state index in [4.69, 9.17) is 0 Å². The van der Waals surface area contributed by atoms with Crippen molar-refractivity contribution in [3.8, 4) is 5.69 Å². The number of nitro benzene ring substituents is 1. The van der Waals surface area contributed by atoms with Crippen molar-refractivity contribution in [2.24, 2.45) is 0 Å². The normalized spacial score (nSPS) is 10.7. The quantitative estimate of drug-likeness (QED) is 0.588. The van der Waals surface area contributed by atoms with E-state index in [1.165, 1.54) is 29.1 Å². The molecule has 21 heavy (non-hydrogen) atoms. The van der Waals surface area contributed by atoms with Gasteiger partial charge in [-0.05, 0) is 18.2 Å². The summed E-state index contributed by atoms with van der Waals surface area (Å²) in [6.45, 7) is 0. The van der Waals surface area contributed by atoms with Crippen LogP contribution in [-0.2, 0) is 0 Å². The highest BCUT2D eigenvalue weighted by atomic mass is 16.6. The fourth-order valence-electron chi connectivity index (χ4n) is 2.24. The highest BCUT2D eigenvalue weighted by molar-refractivity contribution is 5.95. The van der Waals surface area contributed by atoms with Crippen LogP contribution in [0, 0.1) is 10.1 Å². The van der Waals surface area contributed by atoms with Crippen LogP contribution in [0.25, 0.3) is 16.7 Å². The van der Waals surface area contributed by atoms with Crippen LogP contribution in [0.3, 0.4) is 0 Å². The molecule has 1 heterocycles. The molecule has 0 aliphatic carbocycles. The van der Waals surface area contributed by atoms with E-state index < -0.39 is 10.9 Å². The van der Waals surface area contributed by atoms with Crippen LogP contribution in [0.4, 0.5) is 5.69 Å². The third-order valence-corrected chi connectivity index (χ3v) is 3.14. The van der Waals surface area contributed by atoms with Gasteiger partial charge in [0.15, 0.2) is 0 Å². The van der Waals surface area contributed by atoms with Crippen molar-refractivity contribution in [1.82, 2.24) is 9.55 Å². The molecule has 7 nitrogen and oxygen atoms in total. The molecule has 0 saturated heterocycles. The van der Waals surface area contributed by atoms with Gasteiger partial charge in [0.25, 0.3) is 5.69 Å². The Morgan fingerprint density at radius 3 is 2.67 bits per heavy atom. The van der Waals surface area contributed by atoms with Gasteiger partial charge in [0, 0.05) is 6.07 Å². The van der Waals surface area contributed by atoms with E-state index in [0.29, 0.717) is 11.0 Å². The van der Waals surface area contributed by atoms with Crippen molar-refractivity contribution in [3.63, 3.8) is 0 Å². The summed E-state index contributed by atoms with van der Waals surface area (Å²) in [6, 6.07) is 11.0. The van der Waals surface area contributed by atoms with Crippen molar-refractivity contribution in [3.05, 3.63) is 64.5 Å². The number of nitrogens with zero attached hydrogens (tertiary/aromatic N) is 3. The minimum absolute atomic E-state index is 0.00343. The average Bonchev–Trinajstić information content (AvgIpc) is 2.90. The summed E-state index contributed by atoms with van der Waals surface area (Å²) in [7, 11) is 0. The number of para-hydroxylation sites is 3. The van der Waals surface area contributed by atoms with E-state index in [0.717, 1.165) is 0 Å². The van der Waals surface area contributed by atoms with Gasteiger partial charge in [-0.25, -0.2) is 9.78 Å². The molecule has 0 amide bonds. The van der Waals surface area contributed by atoms with Crippen molar-refractivity contribution in [2.75, 3.05) is 0 Å². The van der Waals surface area contributed by atoms with Crippen molar-refractivity contribution in [1.29, 1.82) is 0 Å². The first-order valence-electron chi connectivity index (χ1n) is 6.03. The molecule has 0 saturated carbocycles. The maximum absolute atomic E-state index is 11.4. The zero-order valence-corrected chi connectivity index (χ0v) is 10.6. The summed E-state index contributed by atoms with van der Waals surface area (Å²) in [5, 5.41) is 20.5. The molecule has 0 atom stereocenters. The molecular weight excluding hydrogens is 274 g/mol. The highest BCUT2D eigenvalue weighted by Gasteiger charge is 2.24. The number of imidazole rings is 1. The number of hydrogen-bond donors (Lipinski definition) is 1. The van der Waals surface area contributed by atoms with Crippen LogP contribution >= 0.6 is 0 Å². The van der Waals surface area contributed by atoms with Crippen molar-refractivity contribution >= 4 is 22.7 Å². The minimum atomic E-state index is -1.23. The molecule has 3 rings (SSSR count). The molecule has 0 fully saturated rings. The second-order valence-electron chi connectivity index (χ2n) is 4.34. The average molecular weight is 283 g/mol. The first kappa shape index (κ1) is 12.8. The lowest BCUT2D eigenvalue weighted by molar-refractivity contribution is -0.384. The fourth-order valence-corrected chi connectivity index (χ4v) is 2.24. The predicted octanol–water partition coefficient (Wildman–Crippen LogP) is 2.63. The Kier molecular flexibility index (Phi) is 2.87. The van der Waals surface area contributed by atoms with Gasteiger partial charge < -0.3 is 5.11 Å². The maximum atomic E-state index is 11.4. The summed E-state index contributed by atoms with van der Waals surface area (Å²) in [6.07, 6.45) is 1.39. The minimum Gasteiger partial charge on any atom is -0.478 e. The summed E-state index contributed by atoms with van der Waals surface area (Å²) in [5.74, 6) is -1.23. The van der Waals surface area contributed by atoms with Gasteiger partial charge >= 0.3 is 5.97 Å². The molecule has 0 aliphatic heterocycles. The van der Waals surface area contributed by atoms with E-state index in [1.54, 1.807) is 24.3 Å². The zero-order chi connectivity index (χ0) is 15.0. The molecule has 0 aliphatic rings. The van der Waals surface area contributed by atoms with Gasteiger partial charge in [0.1, 0.15) is 12.0 Å². The van der Waals surface area contributed by atoms with Gasteiger partial charge in [0.2, 0.25) is 0 Å². The van der Waals surface area contributed by atoms with E-state index in [1.807, 2.05) is 0 Å². The summed E-state index contributed by atoms with van der Waals surface area (Å²) >= 11 is 0. The van der Waals surface area contributed by atoms with Crippen LogP contribution in [-0.4, -0.2) is 25.6 Å². The Hall–Kier alpha value is -3.22. The van der Waals surface area contributed by atoms with Gasteiger partial charge in [-0.3, -0.25) is 14.7 Å². The van der Waals surface area contributed by atoms with Crippen LogP contribution in [0.5, 0.6) is 0 Å². The predicted molar refractivity (Wildman–Crippen MR) is 74.7 cm³/mol. The summed E-state index contributed by atoms with van der Waals surface area (Å²) in [5.41, 5.74) is 0.815. The third-order valence-electron chi connectivity index (χ3n) is 3.14. The van der Waals surface area contributed by atoms with Crippen LogP contribution < -0.4 is 0 Å². The molecule has 3 aromatic rings. The van der Waals surface area contributed by atoms with Crippen LogP contribution in [0.2, 0.25) is 0 Å². The van der Waals surface area contributed by atoms with Gasteiger partial charge in [-0.2, -0.15) is 0 Å². The highest BCUT2D eigenvalue weighted by Crippen LogP contribution is 2.29. The Morgan fingerprint density at radius 1 is 1.19 bits per heavy atom. The Bertz CT molecular complexity index is 837. The standard InChI is InChI=1S/C14H9N3O4/c18-14(19)9-4-3-7-12(17(20)21)13(9)16-8-15-10-5-1-2-6-11(10)16/h1-8H,(H,18,19). The lowest BCUT2D eigenvalue weighted by Crippen LogP contribution is -2.08. The molecule has 1 aromatic heterocycles. The molecule has 1 N–H and O–H groups in total. The maximum Gasteiger partial charge on any atom is 0.338 e. The lowest BCUT2D eigenvalue weighted by Gasteiger charge is -2.08. The Morgan fingerprint density at radius 2 is 1.95 bits per heavy atom. The summed E-state index contributed by atoms with van der Waals surface area (Å²) in [4.78, 5) is 26.1. The topological polar surface area (TPSA) is 98.3 Å². The van der Waals surface area contributed by atoms with E-state index >= 15 is 0 Å². The Balaban J connectivity index is 2.40. The molecule has 0 unspecified atom stereocenters. The molecule has 104 valence electrons. The molecule has 0 spiro atoms. The molecular formula is C14H9N3O4. The van der Waals surface area contributed by atoms with E-state index in [-0.39, 0.29) is 16.9 Å². The third kappa shape index (κ3) is 2.00. The van der Waals surface area contributed by atoms with E-state index in [2.05, 4.69) is 4.98 Å². The number of benzene rings is 2. The number of rotatable bonds is 3. The zero-order valence-electron chi connectivity index (χ0n) is 10.6. The largest absolute Gasteiger partial charge is 0.478 e. The number of carboxylic acids is 1. The summed E-state index contributed by atoms with van der Waals surface area (Å²) < 4.78 is 1.43. The number of nitro groups is 1. The number of fused-ring (bicyclic) bond motifs is 1. The van der Waals surface area contributed by atoms with Crippen molar-refractivity contribution in [2.45, 2.75) is 0 Å². The number of aromatic nitrogens is 2. The molecule has 0 radical (unpaired) electrons. The van der Waals surface area contributed by atoms with Gasteiger partial charge in [-0.15, -0.1) is 0 Å². The molecule has 7 heteroatoms.